The Kier molecular flexibility index (Phi) is 3.80. The minimum atomic E-state index is -1.04. The molecule has 0 saturated heterocycles. The molecule has 1 N–H and O–H groups in total. The number of aromatic carboxylic acids is 1. The minimum absolute atomic E-state index is 0.139. The molecule has 0 aliphatic heterocycles. The summed E-state index contributed by atoms with van der Waals surface area (Å²) in [5, 5.41) is 14.0. The lowest BCUT2D eigenvalue weighted by Gasteiger charge is -2.11. The zero-order valence-electron chi connectivity index (χ0n) is 12.7. The quantitative estimate of drug-likeness (QED) is 0.801. The van der Waals surface area contributed by atoms with Crippen LogP contribution in [0.15, 0.2) is 48.7 Å². The summed E-state index contributed by atoms with van der Waals surface area (Å²) >= 11 is 0. The Hall–Kier alpha value is -3.15. The molecule has 6 heteroatoms. The Morgan fingerprint density at radius 1 is 1.17 bits per heavy atom. The Bertz CT molecular complexity index is 857. The number of nitrogens with zero attached hydrogens (tertiary/aromatic N) is 3. The summed E-state index contributed by atoms with van der Waals surface area (Å²) in [6.07, 6.45) is 1.64. The van der Waals surface area contributed by atoms with Crippen LogP contribution in [0.2, 0.25) is 0 Å². The van der Waals surface area contributed by atoms with Crippen molar-refractivity contribution in [3.8, 4) is 22.8 Å². The van der Waals surface area contributed by atoms with E-state index < -0.39 is 5.97 Å². The van der Waals surface area contributed by atoms with Crippen molar-refractivity contribution < 1.29 is 14.6 Å². The highest BCUT2D eigenvalue weighted by Crippen LogP contribution is 2.34. The van der Waals surface area contributed by atoms with Crippen LogP contribution in [-0.4, -0.2) is 33.0 Å². The highest BCUT2D eigenvalue weighted by molar-refractivity contribution is 5.97. The highest BCUT2D eigenvalue weighted by Gasteiger charge is 2.25. The van der Waals surface area contributed by atoms with E-state index in [1.807, 2.05) is 18.2 Å². The Morgan fingerprint density at radius 3 is 2.57 bits per heavy atom. The van der Waals surface area contributed by atoms with Crippen molar-refractivity contribution in [2.24, 2.45) is 0 Å². The van der Waals surface area contributed by atoms with E-state index in [0.717, 1.165) is 0 Å². The highest BCUT2D eigenvalue weighted by atomic mass is 16.5. The molecule has 0 atom stereocenters. The molecule has 0 bridgehead atoms. The van der Waals surface area contributed by atoms with Gasteiger partial charge in [0.25, 0.3) is 0 Å². The van der Waals surface area contributed by atoms with Crippen molar-refractivity contribution in [3.63, 3.8) is 0 Å². The molecule has 0 saturated carbocycles. The average Bonchev–Trinajstić information content (AvgIpc) is 2.93. The van der Waals surface area contributed by atoms with E-state index in [1.165, 1.54) is 4.68 Å². The number of carboxylic acids is 1. The minimum Gasteiger partial charge on any atom is -0.496 e. The van der Waals surface area contributed by atoms with Gasteiger partial charge >= 0.3 is 5.97 Å². The van der Waals surface area contributed by atoms with E-state index >= 15 is 0 Å². The maximum absolute atomic E-state index is 11.7. The molecule has 2 heterocycles. The van der Waals surface area contributed by atoms with Gasteiger partial charge in [0.15, 0.2) is 5.82 Å². The van der Waals surface area contributed by atoms with Crippen LogP contribution >= 0.6 is 0 Å². The fourth-order valence-corrected chi connectivity index (χ4v) is 2.52. The molecule has 0 fully saturated rings. The maximum atomic E-state index is 11.7. The molecule has 116 valence electrons. The number of carbonyl (C=O) groups is 1. The van der Waals surface area contributed by atoms with E-state index in [0.29, 0.717) is 28.5 Å². The number of hydrogen-bond acceptors (Lipinski definition) is 4. The van der Waals surface area contributed by atoms with Gasteiger partial charge in [-0.05, 0) is 31.2 Å². The van der Waals surface area contributed by atoms with Crippen molar-refractivity contribution in [3.05, 3.63) is 59.9 Å². The van der Waals surface area contributed by atoms with Gasteiger partial charge in [-0.2, -0.15) is 5.10 Å². The van der Waals surface area contributed by atoms with Gasteiger partial charge in [-0.25, -0.2) is 14.5 Å². The zero-order valence-corrected chi connectivity index (χ0v) is 12.7. The molecule has 0 spiro atoms. The number of aryl methyl sites for hydroxylation is 1. The van der Waals surface area contributed by atoms with Gasteiger partial charge in [0.05, 0.1) is 18.5 Å². The van der Waals surface area contributed by atoms with Crippen molar-refractivity contribution >= 4 is 5.97 Å². The summed E-state index contributed by atoms with van der Waals surface area (Å²) in [7, 11) is 1.55. The first kappa shape index (κ1) is 14.8. The third kappa shape index (κ3) is 2.55. The second-order valence-electron chi connectivity index (χ2n) is 4.91. The SMILES string of the molecule is COc1ccccc1-c1c(C(=O)O)c(C)nn1-c1ccccn1. The van der Waals surface area contributed by atoms with Crippen molar-refractivity contribution in [1.29, 1.82) is 0 Å². The van der Waals surface area contributed by atoms with Crippen LogP contribution in [0, 0.1) is 6.92 Å². The van der Waals surface area contributed by atoms with Crippen LogP contribution in [0.1, 0.15) is 16.1 Å². The smallest absolute Gasteiger partial charge is 0.339 e. The lowest BCUT2D eigenvalue weighted by molar-refractivity contribution is 0.0697. The van der Waals surface area contributed by atoms with Gasteiger partial charge in [0.1, 0.15) is 11.3 Å². The van der Waals surface area contributed by atoms with Crippen molar-refractivity contribution in [2.75, 3.05) is 7.11 Å². The molecular weight excluding hydrogens is 294 g/mol. The summed E-state index contributed by atoms with van der Waals surface area (Å²) in [6, 6.07) is 12.6. The molecule has 0 unspecified atom stereocenters. The second-order valence-corrected chi connectivity index (χ2v) is 4.91. The normalized spacial score (nSPS) is 10.5. The van der Waals surface area contributed by atoms with Gasteiger partial charge < -0.3 is 9.84 Å². The predicted molar refractivity (Wildman–Crippen MR) is 85.0 cm³/mol. The topological polar surface area (TPSA) is 77.2 Å². The standard InChI is InChI=1S/C17H15N3O3/c1-11-15(17(21)22)16(12-7-3-4-8-13(12)23-2)20(19-11)14-9-5-6-10-18-14/h3-10H,1-2H3,(H,21,22). The Morgan fingerprint density at radius 2 is 1.91 bits per heavy atom. The molecule has 0 aliphatic carbocycles. The molecule has 0 aliphatic rings. The Labute approximate surface area is 133 Å². The van der Waals surface area contributed by atoms with Gasteiger partial charge in [-0.3, -0.25) is 0 Å². The van der Waals surface area contributed by atoms with Gasteiger partial charge in [0.2, 0.25) is 0 Å². The van der Waals surface area contributed by atoms with E-state index in [9.17, 15) is 9.90 Å². The number of ether oxygens (including phenoxy) is 1. The number of carboxylic acid groups (broad SMARTS) is 1. The fourth-order valence-electron chi connectivity index (χ4n) is 2.52. The van der Waals surface area contributed by atoms with Gasteiger partial charge in [-0.1, -0.05) is 18.2 Å². The van der Waals surface area contributed by atoms with Crippen molar-refractivity contribution in [2.45, 2.75) is 6.92 Å². The first-order chi connectivity index (χ1) is 11.1. The number of aromatic nitrogens is 3. The number of benzene rings is 1. The lowest BCUT2D eigenvalue weighted by atomic mass is 10.0. The molecule has 23 heavy (non-hydrogen) atoms. The third-order valence-electron chi connectivity index (χ3n) is 3.50. The van der Waals surface area contributed by atoms with Crippen LogP contribution in [0.5, 0.6) is 5.75 Å². The summed E-state index contributed by atoms with van der Waals surface area (Å²) in [6.45, 7) is 1.67. The van der Waals surface area contributed by atoms with Gasteiger partial charge in [-0.15, -0.1) is 0 Å². The fraction of sp³-hybridized carbons (Fsp3) is 0.118. The zero-order chi connectivity index (χ0) is 16.4. The maximum Gasteiger partial charge on any atom is 0.339 e. The second kappa shape index (κ2) is 5.92. The summed E-state index contributed by atoms with van der Waals surface area (Å²) in [5.41, 5.74) is 1.66. The Balaban J connectivity index is 2.35. The molecule has 3 aromatic rings. The molecule has 0 amide bonds. The average molecular weight is 309 g/mol. The molecular formula is C17H15N3O3. The molecule has 1 aromatic carbocycles. The largest absolute Gasteiger partial charge is 0.496 e. The van der Waals surface area contributed by atoms with E-state index in [1.54, 1.807) is 44.5 Å². The monoisotopic (exact) mass is 309 g/mol. The molecule has 0 radical (unpaired) electrons. The number of hydrogen-bond donors (Lipinski definition) is 1. The van der Waals surface area contributed by atoms with E-state index in [2.05, 4.69) is 10.1 Å². The summed E-state index contributed by atoms with van der Waals surface area (Å²) < 4.78 is 6.92. The van der Waals surface area contributed by atoms with Crippen LogP contribution in [0.25, 0.3) is 17.1 Å². The lowest BCUT2D eigenvalue weighted by Crippen LogP contribution is -2.05. The van der Waals surface area contributed by atoms with Crippen molar-refractivity contribution in [1.82, 2.24) is 14.8 Å². The number of rotatable bonds is 4. The summed E-state index contributed by atoms with van der Waals surface area (Å²) in [5.74, 6) is 0.0849. The number of para-hydroxylation sites is 1. The number of pyridine rings is 1. The first-order valence-corrected chi connectivity index (χ1v) is 7.01. The van der Waals surface area contributed by atoms with Gasteiger partial charge in [0, 0.05) is 11.8 Å². The molecule has 3 rings (SSSR count). The first-order valence-electron chi connectivity index (χ1n) is 7.01. The van der Waals surface area contributed by atoms with Crippen LogP contribution < -0.4 is 4.74 Å². The van der Waals surface area contributed by atoms with Crippen LogP contribution in [-0.2, 0) is 0 Å². The number of methoxy groups -OCH3 is 1. The summed E-state index contributed by atoms with van der Waals surface area (Å²) in [4.78, 5) is 16.0. The van der Waals surface area contributed by atoms with Crippen LogP contribution in [0.4, 0.5) is 0 Å². The molecule has 6 nitrogen and oxygen atoms in total. The third-order valence-corrected chi connectivity index (χ3v) is 3.50. The predicted octanol–water partition coefficient (Wildman–Crippen LogP) is 2.95. The van der Waals surface area contributed by atoms with E-state index in [4.69, 9.17) is 4.74 Å². The van der Waals surface area contributed by atoms with E-state index in [-0.39, 0.29) is 5.56 Å². The van der Waals surface area contributed by atoms with Crippen LogP contribution in [0.3, 0.4) is 0 Å². The molecule has 2 aromatic heterocycles.